The molecule has 1 unspecified atom stereocenters. The van der Waals surface area contributed by atoms with Crippen LogP contribution in [0.3, 0.4) is 0 Å². The lowest BCUT2D eigenvalue weighted by atomic mass is 9.68. The molecule has 10 rings (SSSR count). The Hall–Kier alpha value is -4.07. The summed E-state index contributed by atoms with van der Waals surface area (Å²) in [5, 5.41) is 10.7. The number of hydrogen-bond acceptors (Lipinski definition) is 8. The summed E-state index contributed by atoms with van der Waals surface area (Å²) < 4.78 is 61.8. The van der Waals surface area contributed by atoms with E-state index in [4.69, 9.17) is 0 Å². The Morgan fingerprint density at radius 1 is 0.660 bits per heavy atom. The predicted octanol–water partition coefficient (Wildman–Crippen LogP) is 10.4. The number of halogens is 4. The number of carbonyl (C=O) groups excluding carboxylic acids is 3. The molecule has 1 spiro atoms. The number of rotatable bonds is 2. The third-order valence-corrected chi connectivity index (χ3v) is 15.3. The Kier molecular flexibility index (Phi) is 6.45. The van der Waals surface area contributed by atoms with Gasteiger partial charge in [-0.3, -0.25) is 14.4 Å². The second-order valence-corrected chi connectivity index (χ2v) is 17.4. The normalized spacial score (nSPS) is 20.7. The minimum absolute atomic E-state index is 0.0661. The molecule has 0 bridgehead atoms. The van der Waals surface area contributed by atoms with Gasteiger partial charge in [-0.05, 0) is 60.4 Å². The molecule has 12 heteroatoms. The maximum absolute atomic E-state index is 14.9. The summed E-state index contributed by atoms with van der Waals surface area (Å²) in [4.78, 5) is 42.2. The van der Waals surface area contributed by atoms with Crippen molar-refractivity contribution in [2.45, 2.75) is 43.6 Å². The molecule has 4 nitrogen and oxygen atoms in total. The van der Waals surface area contributed by atoms with E-state index in [9.17, 15) is 37.1 Å². The van der Waals surface area contributed by atoms with Gasteiger partial charge < -0.3 is 5.11 Å². The van der Waals surface area contributed by atoms with Gasteiger partial charge in [0.15, 0.2) is 5.78 Å². The van der Waals surface area contributed by atoms with Gasteiger partial charge in [0.1, 0.15) is 29.4 Å². The molecule has 6 aromatic rings. The van der Waals surface area contributed by atoms with E-state index in [1.54, 1.807) is 46.2 Å². The van der Waals surface area contributed by atoms with E-state index in [0.717, 1.165) is 67.9 Å². The van der Waals surface area contributed by atoms with Crippen LogP contribution in [-0.4, -0.2) is 28.6 Å². The molecule has 1 saturated carbocycles. The summed E-state index contributed by atoms with van der Waals surface area (Å²) in [6.45, 7) is 0. The largest absolute Gasteiger partial charge is 0.380 e. The van der Waals surface area contributed by atoms with Crippen LogP contribution in [0.25, 0.3) is 51.9 Å². The molecule has 0 radical (unpaired) electrons. The summed E-state index contributed by atoms with van der Waals surface area (Å²) in [5.41, 5.74) is 1.77. The summed E-state index contributed by atoms with van der Waals surface area (Å²) in [6.07, 6.45) is 6.74. The number of benzene rings is 2. The van der Waals surface area contributed by atoms with Gasteiger partial charge in [-0.2, -0.15) is 0 Å². The van der Waals surface area contributed by atoms with Crippen molar-refractivity contribution in [3.8, 4) is 9.75 Å². The highest BCUT2D eigenvalue weighted by molar-refractivity contribution is 7.35. The van der Waals surface area contributed by atoms with Crippen molar-refractivity contribution in [3.63, 3.8) is 0 Å². The lowest BCUT2D eigenvalue weighted by Gasteiger charge is -2.35. The molecule has 0 amide bonds. The second-order valence-electron chi connectivity index (χ2n) is 13.1. The zero-order valence-corrected chi connectivity index (χ0v) is 28.8. The first kappa shape index (κ1) is 30.7. The summed E-state index contributed by atoms with van der Waals surface area (Å²) in [7, 11) is 0. The van der Waals surface area contributed by atoms with E-state index in [1.165, 1.54) is 32.2 Å². The summed E-state index contributed by atoms with van der Waals surface area (Å²) in [6, 6.07) is 7.32. The molecule has 4 aliphatic rings. The number of aliphatic hydroxyl groups excluding tert-OH is 1. The number of aliphatic hydroxyl groups is 1. The van der Waals surface area contributed by atoms with Gasteiger partial charge in [0.25, 0.3) is 0 Å². The Morgan fingerprint density at radius 2 is 1.22 bits per heavy atom. The number of hydrogen-bond donors (Lipinski definition) is 1. The minimum atomic E-state index is -1.58. The Morgan fingerprint density at radius 3 is 1.84 bits per heavy atom. The Bertz CT molecular complexity index is 2660. The highest BCUT2D eigenvalue weighted by Gasteiger charge is 2.49. The van der Waals surface area contributed by atoms with Crippen molar-refractivity contribution >= 4 is 105 Å². The average Bonchev–Trinajstić information content (AvgIpc) is 3.91. The van der Waals surface area contributed by atoms with E-state index < -0.39 is 46.7 Å². The summed E-state index contributed by atoms with van der Waals surface area (Å²) in [5.74, 6) is -6.21. The maximum atomic E-state index is 14.9. The van der Waals surface area contributed by atoms with Gasteiger partial charge in [0.2, 0.25) is 11.6 Å². The number of allylic oxidation sites excluding steroid dienone is 1. The number of fused-ring (bicyclic) bond motifs is 11. The van der Waals surface area contributed by atoms with Gasteiger partial charge in [0.05, 0.1) is 24.7 Å². The molecule has 248 valence electrons. The molecule has 50 heavy (non-hydrogen) atoms. The third kappa shape index (κ3) is 4.02. The Labute approximate surface area is 296 Å². The first-order chi connectivity index (χ1) is 24.0. The van der Waals surface area contributed by atoms with Gasteiger partial charge in [-0.1, -0.05) is 19.3 Å². The molecule has 2 aromatic carbocycles. The van der Waals surface area contributed by atoms with Crippen LogP contribution in [-0.2, 0) is 10.2 Å². The number of Topliss-reactive ketones (excluding diaryl/α,β-unsaturated/α-hetero) is 3. The van der Waals surface area contributed by atoms with Crippen LogP contribution < -0.4 is 0 Å². The summed E-state index contributed by atoms with van der Waals surface area (Å²) >= 11 is 6.42. The fraction of sp³-hybridized carbons (Fsp3) is 0.184. The van der Waals surface area contributed by atoms with Crippen molar-refractivity contribution in [1.82, 2.24) is 0 Å². The zero-order chi connectivity index (χ0) is 34.4. The zero-order valence-electron chi connectivity index (χ0n) is 25.5. The van der Waals surface area contributed by atoms with Crippen LogP contribution in [0, 0.1) is 23.3 Å². The van der Waals surface area contributed by atoms with E-state index in [-0.39, 0.29) is 38.8 Å². The quantitative estimate of drug-likeness (QED) is 0.109. The molecule has 4 heterocycles. The van der Waals surface area contributed by atoms with Crippen LogP contribution in [0.2, 0.25) is 0 Å². The maximum Gasteiger partial charge on any atom is 0.234 e. The van der Waals surface area contributed by atoms with Gasteiger partial charge in [-0.25, -0.2) is 17.6 Å². The predicted molar refractivity (Wildman–Crippen MR) is 190 cm³/mol. The lowest BCUT2D eigenvalue weighted by molar-refractivity contribution is -0.109. The fourth-order valence-electron chi connectivity index (χ4n) is 8.38. The van der Waals surface area contributed by atoms with Crippen LogP contribution in [0.15, 0.2) is 36.4 Å². The molecule has 0 saturated heterocycles. The van der Waals surface area contributed by atoms with Crippen molar-refractivity contribution in [2.75, 3.05) is 0 Å². The van der Waals surface area contributed by atoms with Crippen LogP contribution in [0.5, 0.6) is 0 Å². The van der Waals surface area contributed by atoms with Crippen LogP contribution in [0.4, 0.5) is 17.6 Å². The topological polar surface area (TPSA) is 71.4 Å². The molecule has 4 aromatic heterocycles. The molecule has 1 atom stereocenters. The van der Waals surface area contributed by atoms with Crippen molar-refractivity contribution in [3.05, 3.63) is 103 Å². The minimum Gasteiger partial charge on any atom is -0.380 e. The lowest BCUT2D eigenvalue weighted by Crippen LogP contribution is -2.27. The molecule has 0 aliphatic heterocycles. The number of thiophene rings is 4. The van der Waals surface area contributed by atoms with Gasteiger partial charge >= 0.3 is 0 Å². The van der Waals surface area contributed by atoms with Crippen molar-refractivity contribution in [2.24, 2.45) is 0 Å². The molecular formula is C38H20F4O4S4. The molecule has 1 N–H and O–H groups in total. The number of carbonyl (C=O) groups is 3. The number of ketones is 3. The monoisotopic (exact) mass is 744 g/mol. The SMILES string of the molecule is O=C1C(=O)c2cc(F)cc(F)c2/C1=C/c1cc2sc3c(c2s1)C1(CCCCC1)c1c-3sc2cc(/C=C3/c4cc(F)cc(F)c4C(=O)C3O)sc12. The van der Waals surface area contributed by atoms with Crippen LogP contribution >= 0.6 is 45.3 Å². The van der Waals surface area contributed by atoms with E-state index in [1.807, 2.05) is 12.1 Å². The van der Waals surface area contributed by atoms with Crippen LogP contribution in [0.1, 0.15) is 84.8 Å². The van der Waals surface area contributed by atoms with E-state index in [0.29, 0.717) is 17.0 Å². The molecule has 1 fully saturated rings. The Balaban J connectivity index is 1.10. The van der Waals surface area contributed by atoms with E-state index >= 15 is 0 Å². The third-order valence-electron chi connectivity index (χ3n) is 10.4. The highest BCUT2D eigenvalue weighted by Crippen LogP contribution is 2.66. The van der Waals surface area contributed by atoms with Crippen molar-refractivity contribution < 1.29 is 37.1 Å². The fourth-order valence-corrected chi connectivity index (χ4v) is 14.1. The second kappa shape index (κ2) is 10.5. The first-order valence-electron chi connectivity index (χ1n) is 15.9. The molecule has 4 aliphatic carbocycles. The van der Waals surface area contributed by atoms with Crippen molar-refractivity contribution in [1.29, 1.82) is 0 Å². The van der Waals surface area contributed by atoms with Gasteiger partial charge in [0, 0.05) is 64.5 Å². The highest BCUT2D eigenvalue weighted by atomic mass is 32.1. The molecular weight excluding hydrogens is 725 g/mol. The first-order valence-corrected chi connectivity index (χ1v) is 19.2. The smallest absolute Gasteiger partial charge is 0.234 e. The van der Waals surface area contributed by atoms with E-state index in [2.05, 4.69) is 0 Å². The standard InChI is InChI=1S/C38H20F4O4S4/c39-14-6-18-19(30(43)33(46)27(18)23(42)9-14)10-16-12-24-34(47-16)28-36(49-24)37-29(38(28)4-2-1-3-5-38)35-25(50-37)13-17(48-35)11-21-26-20(31(44)32(21)45)7-15(40)8-22(26)41/h6-13,30,43H,1-5H2/b19-10-,21-11-. The average molecular weight is 745 g/mol. The van der Waals surface area contributed by atoms with Gasteiger partial charge in [-0.15, -0.1) is 45.3 Å².